The molecule has 0 aliphatic carbocycles. The van der Waals surface area contributed by atoms with Crippen LogP contribution in [0.25, 0.3) is 11.1 Å². The number of unbranched alkanes of at least 4 members (excludes halogenated alkanes) is 1. The van der Waals surface area contributed by atoms with Crippen LogP contribution in [0.2, 0.25) is 0 Å². The average Bonchev–Trinajstić information content (AvgIpc) is 2.77. The molecule has 1 amide bonds. The molecule has 5 heteroatoms. The van der Waals surface area contributed by atoms with Crippen LogP contribution in [0.1, 0.15) is 23.2 Å². The first kappa shape index (κ1) is 20.4. The lowest BCUT2D eigenvalue weighted by molar-refractivity contribution is 0.0369. The third-order valence-corrected chi connectivity index (χ3v) is 5.20. The second-order valence-corrected chi connectivity index (χ2v) is 7.20. The number of benzene rings is 2. The molecule has 0 bridgehead atoms. The van der Waals surface area contributed by atoms with Crippen LogP contribution >= 0.6 is 0 Å². The number of carbonyl (C=O) groups excluding carboxylic acids is 1. The molecule has 0 N–H and O–H groups in total. The minimum Gasteiger partial charge on any atom is -0.497 e. The summed E-state index contributed by atoms with van der Waals surface area (Å²) in [6, 6.07) is 15.7. The van der Waals surface area contributed by atoms with Gasteiger partial charge in [0.25, 0.3) is 5.91 Å². The summed E-state index contributed by atoms with van der Waals surface area (Å²) in [4.78, 5) is 17.1. The van der Waals surface area contributed by atoms with E-state index >= 15 is 0 Å². The van der Waals surface area contributed by atoms with E-state index in [-0.39, 0.29) is 5.91 Å². The van der Waals surface area contributed by atoms with Crippen molar-refractivity contribution in [2.24, 2.45) is 0 Å². The van der Waals surface area contributed by atoms with Crippen molar-refractivity contribution in [3.05, 3.63) is 54.1 Å². The SMILES string of the molecule is COc1ccc(-c2cccc(C(=O)N(C)CCCCN3CCOCC3)c2)cc1. The van der Waals surface area contributed by atoms with Gasteiger partial charge in [-0.15, -0.1) is 0 Å². The van der Waals surface area contributed by atoms with Crippen LogP contribution in [0.15, 0.2) is 48.5 Å². The molecule has 1 aliphatic heterocycles. The van der Waals surface area contributed by atoms with Gasteiger partial charge < -0.3 is 14.4 Å². The van der Waals surface area contributed by atoms with Gasteiger partial charge in [-0.05, 0) is 54.8 Å². The quantitative estimate of drug-likeness (QED) is 0.655. The van der Waals surface area contributed by atoms with E-state index in [9.17, 15) is 4.79 Å². The predicted octanol–water partition coefficient (Wildman–Crippen LogP) is 3.55. The van der Waals surface area contributed by atoms with Gasteiger partial charge in [-0.1, -0.05) is 24.3 Å². The summed E-state index contributed by atoms with van der Waals surface area (Å²) in [6.45, 7) is 5.57. The summed E-state index contributed by atoms with van der Waals surface area (Å²) >= 11 is 0. The number of hydrogen-bond acceptors (Lipinski definition) is 4. The Hall–Kier alpha value is -2.37. The molecule has 0 radical (unpaired) electrons. The maximum Gasteiger partial charge on any atom is 0.253 e. The Morgan fingerprint density at radius 3 is 2.54 bits per heavy atom. The third-order valence-electron chi connectivity index (χ3n) is 5.20. The zero-order valence-corrected chi connectivity index (χ0v) is 16.9. The van der Waals surface area contributed by atoms with Crippen LogP contribution in [0.3, 0.4) is 0 Å². The number of nitrogens with zero attached hydrogens (tertiary/aromatic N) is 2. The zero-order valence-electron chi connectivity index (χ0n) is 16.9. The summed E-state index contributed by atoms with van der Waals surface area (Å²) in [5, 5.41) is 0. The number of ether oxygens (including phenoxy) is 2. The van der Waals surface area contributed by atoms with Crippen LogP contribution in [0.4, 0.5) is 0 Å². The fraction of sp³-hybridized carbons (Fsp3) is 0.435. The van der Waals surface area contributed by atoms with Gasteiger partial charge in [0.1, 0.15) is 5.75 Å². The normalized spacial score (nSPS) is 14.6. The van der Waals surface area contributed by atoms with Gasteiger partial charge in [0.05, 0.1) is 20.3 Å². The van der Waals surface area contributed by atoms with Gasteiger partial charge in [0.15, 0.2) is 0 Å². The lowest BCUT2D eigenvalue weighted by atomic mass is 10.0. The monoisotopic (exact) mass is 382 g/mol. The molecule has 150 valence electrons. The number of amides is 1. The standard InChI is InChI=1S/C23H30N2O3/c1-24(12-3-4-13-25-14-16-28-17-15-25)23(26)21-7-5-6-20(18-21)19-8-10-22(27-2)11-9-19/h5-11,18H,3-4,12-17H2,1-2H3. The largest absolute Gasteiger partial charge is 0.497 e. The zero-order chi connectivity index (χ0) is 19.8. The Morgan fingerprint density at radius 1 is 1.07 bits per heavy atom. The van der Waals surface area contributed by atoms with Crippen molar-refractivity contribution >= 4 is 5.91 Å². The molecule has 5 nitrogen and oxygen atoms in total. The highest BCUT2D eigenvalue weighted by atomic mass is 16.5. The first-order valence-corrected chi connectivity index (χ1v) is 9.97. The fourth-order valence-corrected chi connectivity index (χ4v) is 3.45. The third kappa shape index (κ3) is 5.57. The predicted molar refractivity (Wildman–Crippen MR) is 112 cm³/mol. The second-order valence-electron chi connectivity index (χ2n) is 7.20. The Labute approximate surface area is 167 Å². The van der Waals surface area contributed by atoms with E-state index in [1.807, 2.05) is 60.5 Å². The van der Waals surface area contributed by atoms with E-state index < -0.39 is 0 Å². The molecule has 2 aromatic carbocycles. The Bertz CT molecular complexity index is 755. The van der Waals surface area contributed by atoms with Gasteiger partial charge in [-0.25, -0.2) is 0 Å². The van der Waals surface area contributed by atoms with Crippen molar-refractivity contribution in [3.8, 4) is 16.9 Å². The van der Waals surface area contributed by atoms with Crippen molar-refractivity contribution in [2.75, 3.05) is 53.6 Å². The molecule has 1 aliphatic rings. The molecule has 0 unspecified atom stereocenters. The minimum atomic E-state index is 0.0711. The molecule has 3 rings (SSSR count). The van der Waals surface area contributed by atoms with E-state index in [0.29, 0.717) is 0 Å². The molecular weight excluding hydrogens is 352 g/mol. The van der Waals surface area contributed by atoms with Gasteiger partial charge in [-0.2, -0.15) is 0 Å². The molecular formula is C23H30N2O3. The molecule has 1 fully saturated rings. The molecule has 0 atom stereocenters. The number of carbonyl (C=O) groups is 1. The van der Waals surface area contributed by atoms with Gasteiger partial charge in [-0.3, -0.25) is 9.69 Å². The topological polar surface area (TPSA) is 42.0 Å². The molecule has 0 saturated carbocycles. The number of hydrogen-bond donors (Lipinski definition) is 0. The summed E-state index contributed by atoms with van der Waals surface area (Å²) in [6.07, 6.45) is 2.11. The van der Waals surface area contributed by atoms with Crippen LogP contribution < -0.4 is 4.74 Å². The Morgan fingerprint density at radius 2 is 1.82 bits per heavy atom. The maximum absolute atomic E-state index is 12.8. The maximum atomic E-state index is 12.8. The van der Waals surface area contributed by atoms with Crippen LogP contribution in [-0.2, 0) is 4.74 Å². The Kier molecular flexibility index (Phi) is 7.46. The number of methoxy groups -OCH3 is 1. The fourth-order valence-electron chi connectivity index (χ4n) is 3.45. The van der Waals surface area contributed by atoms with Crippen molar-refractivity contribution in [1.82, 2.24) is 9.80 Å². The van der Waals surface area contributed by atoms with Crippen LogP contribution in [-0.4, -0.2) is 69.3 Å². The molecule has 28 heavy (non-hydrogen) atoms. The lowest BCUT2D eigenvalue weighted by Crippen LogP contribution is -2.37. The number of morpholine rings is 1. The lowest BCUT2D eigenvalue weighted by Gasteiger charge is -2.26. The summed E-state index contributed by atoms with van der Waals surface area (Å²) < 4.78 is 10.6. The van der Waals surface area contributed by atoms with E-state index in [2.05, 4.69) is 4.90 Å². The van der Waals surface area contributed by atoms with Crippen molar-refractivity contribution in [1.29, 1.82) is 0 Å². The first-order chi connectivity index (χ1) is 13.7. The van der Waals surface area contributed by atoms with Crippen molar-refractivity contribution < 1.29 is 14.3 Å². The van der Waals surface area contributed by atoms with Crippen molar-refractivity contribution in [2.45, 2.75) is 12.8 Å². The van der Waals surface area contributed by atoms with E-state index in [1.165, 1.54) is 0 Å². The van der Waals surface area contributed by atoms with E-state index in [4.69, 9.17) is 9.47 Å². The molecule has 0 aromatic heterocycles. The van der Waals surface area contributed by atoms with E-state index in [0.717, 1.165) is 74.7 Å². The van der Waals surface area contributed by atoms with Gasteiger partial charge in [0.2, 0.25) is 0 Å². The Balaban J connectivity index is 1.52. The van der Waals surface area contributed by atoms with E-state index in [1.54, 1.807) is 7.11 Å². The molecule has 2 aromatic rings. The average molecular weight is 383 g/mol. The molecule has 1 heterocycles. The summed E-state index contributed by atoms with van der Waals surface area (Å²) in [7, 11) is 3.54. The van der Waals surface area contributed by atoms with Gasteiger partial charge >= 0.3 is 0 Å². The highest BCUT2D eigenvalue weighted by Gasteiger charge is 2.13. The number of rotatable bonds is 8. The highest BCUT2D eigenvalue weighted by molar-refractivity contribution is 5.95. The highest BCUT2D eigenvalue weighted by Crippen LogP contribution is 2.23. The molecule has 1 saturated heterocycles. The van der Waals surface area contributed by atoms with Crippen LogP contribution in [0.5, 0.6) is 5.75 Å². The summed E-state index contributed by atoms with van der Waals surface area (Å²) in [5.41, 5.74) is 2.84. The van der Waals surface area contributed by atoms with Crippen molar-refractivity contribution in [3.63, 3.8) is 0 Å². The first-order valence-electron chi connectivity index (χ1n) is 9.97. The molecule has 0 spiro atoms. The van der Waals surface area contributed by atoms with Crippen LogP contribution in [0, 0.1) is 0 Å². The van der Waals surface area contributed by atoms with Gasteiger partial charge in [0, 0.05) is 32.2 Å². The smallest absolute Gasteiger partial charge is 0.253 e. The second kappa shape index (κ2) is 10.2. The minimum absolute atomic E-state index is 0.0711. The summed E-state index contributed by atoms with van der Waals surface area (Å²) in [5.74, 6) is 0.898.